The van der Waals surface area contributed by atoms with E-state index in [0.29, 0.717) is 12.6 Å². The van der Waals surface area contributed by atoms with Crippen LogP contribution in [0.4, 0.5) is 0 Å². The molecule has 8 heteroatoms. The van der Waals surface area contributed by atoms with Crippen molar-refractivity contribution in [3.8, 4) is 0 Å². The monoisotopic (exact) mass is 403 g/mol. The topological polar surface area (TPSA) is 60.7 Å². The molecule has 7 nitrogen and oxygen atoms in total. The molecule has 0 radical (unpaired) electrons. The Labute approximate surface area is 172 Å². The van der Waals surface area contributed by atoms with Gasteiger partial charge < -0.3 is 15.5 Å². The van der Waals surface area contributed by atoms with Crippen molar-refractivity contribution in [1.29, 1.82) is 0 Å². The minimum absolute atomic E-state index is 0.0503. The maximum Gasteiger partial charge on any atom is 0.191 e. The second-order valence-electron chi connectivity index (χ2n) is 7.28. The number of nitrogens with one attached hydrogen (secondary N) is 2. The Bertz CT molecular complexity index is 744. The Hall–Kier alpha value is -2.09. The highest BCUT2D eigenvalue weighted by atomic mass is 35.5. The molecule has 2 N–H and O–H groups in total. The lowest BCUT2D eigenvalue weighted by Gasteiger charge is -2.38. The normalized spacial score (nSPS) is 20.1. The number of guanidine groups is 1. The number of aromatic nitrogens is 2. The fraction of sp³-hybridized carbons (Fsp3) is 0.500. The number of hydrogen-bond donors (Lipinski definition) is 2. The van der Waals surface area contributed by atoms with Crippen LogP contribution in [0.3, 0.4) is 0 Å². The summed E-state index contributed by atoms with van der Waals surface area (Å²) >= 11 is 6.05. The first-order valence-electron chi connectivity index (χ1n) is 9.64. The third-order valence-electron chi connectivity index (χ3n) is 5.27. The first-order chi connectivity index (χ1) is 13.6. The fourth-order valence-electron chi connectivity index (χ4n) is 3.46. The fourth-order valence-corrected chi connectivity index (χ4v) is 3.59. The van der Waals surface area contributed by atoms with Gasteiger partial charge in [-0.3, -0.25) is 14.6 Å². The van der Waals surface area contributed by atoms with Crippen LogP contribution in [0.15, 0.2) is 47.7 Å². The smallest absolute Gasteiger partial charge is 0.191 e. The van der Waals surface area contributed by atoms with Gasteiger partial charge >= 0.3 is 0 Å². The summed E-state index contributed by atoms with van der Waals surface area (Å²) in [6.45, 7) is 4.79. The average molecular weight is 404 g/mol. The minimum atomic E-state index is 0.0503. The van der Waals surface area contributed by atoms with E-state index in [0.717, 1.165) is 42.7 Å². The predicted molar refractivity (Wildman–Crippen MR) is 115 cm³/mol. The van der Waals surface area contributed by atoms with Crippen LogP contribution in [0.2, 0.25) is 5.02 Å². The zero-order valence-electron chi connectivity index (χ0n) is 16.8. The van der Waals surface area contributed by atoms with E-state index in [2.05, 4.69) is 44.6 Å². The van der Waals surface area contributed by atoms with Gasteiger partial charge in [-0.2, -0.15) is 5.10 Å². The van der Waals surface area contributed by atoms with Gasteiger partial charge in [0.05, 0.1) is 6.04 Å². The number of nitrogens with zero attached hydrogens (tertiary/aromatic N) is 5. The van der Waals surface area contributed by atoms with Crippen LogP contribution < -0.4 is 10.6 Å². The zero-order valence-corrected chi connectivity index (χ0v) is 17.6. The molecule has 1 aliphatic heterocycles. The number of likely N-dealkylation sites (N-methyl/N-ethyl adjacent to an activating group) is 2. The van der Waals surface area contributed by atoms with E-state index >= 15 is 0 Å². The van der Waals surface area contributed by atoms with Gasteiger partial charge in [-0.05, 0) is 37.9 Å². The molecule has 1 aromatic carbocycles. The zero-order chi connectivity index (χ0) is 19.9. The van der Waals surface area contributed by atoms with Crippen molar-refractivity contribution < 1.29 is 0 Å². The lowest BCUT2D eigenvalue weighted by atomic mass is 10.1. The SMILES string of the molecule is CN=C(NCC1CN(C)CCN1C)NCC(c1ccc(Cl)cc1)n1cccn1. The Kier molecular flexibility index (Phi) is 7.30. The molecule has 2 heterocycles. The largest absolute Gasteiger partial charge is 0.355 e. The molecule has 28 heavy (non-hydrogen) atoms. The van der Waals surface area contributed by atoms with Gasteiger partial charge in [-0.25, -0.2) is 0 Å². The van der Waals surface area contributed by atoms with E-state index in [1.807, 2.05) is 41.2 Å². The summed E-state index contributed by atoms with van der Waals surface area (Å²) in [7, 11) is 6.16. The van der Waals surface area contributed by atoms with Crippen molar-refractivity contribution in [1.82, 2.24) is 30.2 Å². The molecule has 2 aromatic rings. The average Bonchev–Trinajstić information content (AvgIpc) is 3.22. The minimum Gasteiger partial charge on any atom is -0.355 e. The van der Waals surface area contributed by atoms with Crippen molar-refractivity contribution in [2.75, 3.05) is 53.9 Å². The van der Waals surface area contributed by atoms with Crippen molar-refractivity contribution in [3.63, 3.8) is 0 Å². The number of rotatable bonds is 6. The molecule has 0 aliphatic carbocycles. The number of piperazine rings is 1. The van der Waals surface area contributed by atoms with Gasteiger partial charge in [0, 0.05) is 63.2 Å². The molecule has 0 saturated carbocycles. The molecule has 1 saturated heterocycles. The Morgan fingerprint density at radius 3 is 2.71 bits per heavy atom. The Balaban J connectivity index is 1.60. The molecule has 1 fully saturated rings. The van der Waals surface area contributed by atoms with E-state index in [1.165, 1.54) is 0 Å². The number of hydrogen-bond acceptors (Lipinski definition) is 4. The van der Waals surface area contributed by atoms with Crippen LogP contribution >= 0.6 is 11.6 Å². The maximum atomic E-state index is 6.05. The van der Waals surface area contributed by atoms with E-state index < -0.39 is 0 Å². The maximum absolute atomic E-state index is 6.05. The summed E-state index contributed by atoms with van der Waals surface area (Å²) in [6.07, 6.45) is 3.77. The quantitative estimate of drug-likeness (QED) is 0.566. The standard InChI is InChI=1S/C20H30ClN7/c1-22-20(23-13-18-15-26(2)11-12-27(18)3)24-14-19(28-10-4-9-25-28)16-5-7-17(21)8-6-16/h4-10,18-19H,11-15H2,1-3H3,(H2,22,23,24). The van der Waals surface area contributed by atoms with E-state index in [4.69, 9.17) is 11.6 Å². The van der Waals surface area contributed by atoms with Crippen molar-refractivity contribution in [2.24, 2.45) is 4.99 Å². The van der Waals surface area contributed by atoms with Gasteiger partial charge in [0.1, 0.15) is 0 Å². The van der Waals surface area contributed by atoms with Gasteiger partial charge in [-0.1, -0.05) is 23.7 Å². The van der Waals surface area contributed by atoms with E-state index in [9.17, 15) is 0 Å². The van der Waals surface area contributed by atoms with Gasteiger partial charge in [0.2, 0.25) is 0 Å². The highest BCUT2D eigenvalue weighted by Crippen LogP contribution is 2.19. The second kappa shape index (κ2) is 9.91. The lowest BCUT2D eigenvalue weighted by Crippen LogP contribution is -2.55. The molecule has 0 bridgehead atoms. The summed E-state index contributed by atoms with van der Waals surface area (Å²) < 4.78 is 1.95. The van der Waals surface area contributed by atoms with E-state index in [1.54, 1.807) is 13.2 Å². The van der Waals surface area contributed by atoms with Gasteiger partial charge in [-0.15, -0.1) is 0 Å². The summed E-state index contributed by atoms with van der Waals surface area (Å²) in [5.74, 6) is 0.799. The molecule has 0 amide bonds. The molecule has 3 rings (SSSR count). The first kappa shape index (κ1) is 20.6. The summed E-state index contributed by atoms with van der Waals surface area (Å²) in [5, 5.41) is 12.1. The van der Waals surface area contributed by atoms with Crippen LogP contribution in [0.5, 0.6) is 0 Å². The van der Waals surface area contributed by atoms with Crippen molar-refractivity contribution in [3.05, 3.63) is 53.3 Å². The molecule has 2 unspecified atom stereocenters. The molecular weight excluding hydrogens is 374 g/mol. The highest BCUT2D eigenvalue weighted by Gasteiger charge is 2.22. The second-order valence-corrected chi connectivity index (χ2v) is 7.72. The Morgan fingerprint density at radius 1 is 1.25 bits per heavy atom. The third kappa shape index (κ3) is 5.47. The first-order valence-corrected chi connectivity index (χ1v) is 10.0. The number of benzene rings is 1. The summed E-state index contributed by atoms with van der Waals surface area (Å²) in [5.41, 5.74) is 1.14. The molecular formula is C20H30ClN7. The van der Waals surface area contributed by atoms with Crippen LogP contribution in [0.1, 0.15) is 11.6 Å². The molecule has 152 valence electrons. The van der Waals surface area contributed by atoms with Crippen LogP contribution in [0, 0.1) is 0 Å². The highest BCUT2D eigenvalue weighted by molar-refractivity contribution is 6.30. The molecule has 0 spiro atoms. The van der Waals surface area contributed by atoms with E-state index in [-0.39, 0.29) is 6.04 Å². The molecule has 2 atom stereocenters. The number of aliphatic imine (C=N–C) groups is 1. The van der Waals surface area contributed by atoms with Gasteiger partial charge in [0.15, 0.2) is 5.96 Å². The molecule has 1 aliphatic rings. The van der Waals surface area contributed by atoms with Gasteiger partial charge in [0.25, 0.3) is 0 Å². The number of halogens is 1. The summed E-state index contributed by atoms with van der Waals surface area (Å²) in [4.78, 5) is 9.16. The van der Waals surface area contributed by atoms with Crippen molar-refractivity contribution >= 4 is 17.6 Å². The van der Waals surface area contributed by atoms with Crippen LogP contribution in [-0.4, -0.2) is 85.4 Å². The third-order valence-corrected chi connectivity index (χ3v) is 5.52. The molecule has 1 aromatic heterocycles. The van der Waals surface area contributed by atoms with Crippen molar-refractivity contribution in [2.45, 2.75) is 12.1 Å². The lowest BCUT2D eigenvalue weighted by molar-refractivity contribution is 0.116. The predicted octanol–water partition coefficient (Wildman–Crippen LogP) is 1.54. The van der Waals surface area contributed by atoms with Crippen LogP contribution in [0.25, 0.3) is 0 Å². The Morgan fingerprint density at radius 2 is 2.04 bits per heavy atom. The summed E-state index contributed by atoms with van der Waals surface area (Å²) in [6, 6.07) is 10.4. The van der Waals surface area contributed by atoms with Crippen LogP contribution in [-0.2, 0) is 0 Å².